The van der Waals surface area contributed by atoms with Gasteiger partial charge in [-0.2, -0.15) is 0 Å². The predicted octanol–water partition coefficient (Wildman–Crippen LogP) is 9.88. The highest BCUT2D eigenvalue weighted by Crippen LogP contribution is 2.44. The normalized spacial score (nSPS) is 17.9. The fraction of sp³-hybridized carbons (Fsp3) is 0.810. The number of allylic oxidation sites excluding steroid dienone is 5. The average molecular weight is 867 g/mol. The van der Waals surface area contributed by atoms with Crippen LogP contribution in [0, 0.1) is 0 Å². The summed E-state index contributed by atoms with van der Waals surface area (Å²) < 4.78 is 53.4. The summed E-state index contributed by atoms with van der Waals surface area (Å²) in [7, 11) is -9.68. The lowest BCUT2D eigenvalue weighted by Crippen LogP contribution is -2.30. The summed E-state index contributed by atoms with van der Waals surface area (Å²) in [6, 6.07) is 0. The lowest BCUT2D eigenvalue weighted by Gasteiger charge is -2.20. The number of carbonyl (C=O) groups is 2. The molecule has 0 bridgehead atoms. The van der Waals surface area contributed by atoms with E-state index in [1.165, 1.54) is 83.5 Å². The van der Waals surface area contributed by atoms with Gasteiger partial charge in [0.05, 0.1) is 32.0 Å². The van der Waals surface area contributed by atoms with E-state index in [9.17, 15) is 28.7 Å². The quantitative estimate of drug-likeness (QED) is 0.0149. The second kappa shape index (κ2) is 35.0. The molecule has 4 N–H and O–H groups in total. The highest BCUT2D eigenvalue weighted by atomic mass is 31.2. The minimum atomic E-state index is -4.87. The molecule has 3 unspecified atom stereocenters. The second-order valence-corrected chi connectivity index (χ2v) is 17.7. The van der Waals surface area contributed by atoms with E-state index in [2.05, 4.69) is 47.2 Å². The topological polar surface area (TPSA) is 208 Å². The minimum absolute atomic E-state index is 0.117. The molecule has 1 rings (SSSR count). The zero-order valence-electron chi connectivity index (χ0n) is 35.3. The molecule has 5 atom stereocenters. The number of hydrogen-bond acceptors (Lipinski definition) is 11. The van der Waals surface area contributed by atoms with Crippen molar-refractivity contribution in [3.8, 4) is 0 Å². The summed E-state index contributed by atoms with van der Waals surface area (Å²) in [6.45, 7) is 1.67. The van der Waals surface area contributed by atoms with Crippen LogP contribution in [0.3, 0.4) is 0 Å². The summed E-state index contributed by atoms with van der Waals surface area (Å²) in [5, 5.41) is 9.74. The van der Waals surface area contributed by atoms with Gasteiger partial charge in [0.15, 0.2) is 6.10 Å². The minimum Gasteiger partial charge on any atom is -0.462 e. The van der Waals surface area contributed by atoms with Crippen molar-refractivity contribution < 1.29 is 66.3 Å². The maximum Gasteiger partial charge on any atom is 0.472 e. The van der Waals surface area contributed by atoms with E-state index in [1.54, 1.807) is 0 Å². The number of rotatable bonds is 40. The molecule has 0 amide bonds. The van der Waals surface area contributed by atoms with Crippen molar-refractivity contribution >= 4 is 27.6 Å². The van der Waals surface area contributed by atoms with Crippen LogP contribution in [0.5, 0.6) is 0 Å². The largest absolute Gasteiger partial charge is 0.472 e. The monoisotopic (exact) mass is 866 g/mol. The SMILES string of the molecule is CCCCCCCCCCCCCCCC(=O)O[C@H](COC(=O)CCC/C=C\C/C=C\C/C=C\CC1OC1CCCCC)COP(=O)(O)OC[C@@H](O)COP(=O)(O)O. The Morgan fingerprint density at radius 1 is 0.603 bits per heavy atom. The smallest absolute Gasteiger partial charge is 0.462 e. The van der Waals surface area contributed by atoms with Crippen LogP contribution >= 0.6 is 15.6 Å². The molecule has 1 heterocycles. The second-order valence-electron chi connectivity index (χ2n) is 15.0. The fourth-order valence-electron chi connectivity index (χ4n) is 6.02. The molecule has 58 heavy (non-hydrogen) atoms. The highest BCUT2D eigenvalue weighted by molar-refractivity contribution is 7.47. The molecule has 0 spiro atoms. The number of phosphoric acid groups is 2. The van der Waals surface area contributed by atoms with E-state index in [0.717, 1.165) is 38.5 Å². The van der Waals surface area contributed by atoms with Gasteiger partial charge in [-0.1, -0.05) is 147 Å². The Morgan fingerprint density at radius 3 is 1.74 bits per heavy atom. The fourth-order valence-corrected chi connectivity index (χ4v) is 7.18. The summed E-state index contributed by atoms with van der Waals surface area (Å²) in [6.07, 6.45) is 34.6. The van der Waals surface area contributed by atoms with E-state index in [-0.39, 0.29) is 12.8 Å². The Labute approximate surface area is 348 Å². The number of epoxide rings is 1. The van der Waals surface area contributed by atoms with E-state index in [1.807, 2.05) is 12.2 Å². The third kappa shape index (κ3) is 35.1. The average Bonchev–Trinajstić information content (AvgIpc) is 3.94. The maximum absolute atomic E-state index is 12.6. The molecule has 0 aromatic rings. The van der Waals surface area contributed by atoms with Gasteiger partial charge >= 0.3 is 27.6 Å². The van der Waals surface area contributed by atoms with Gasteiger partial charge in [-0.05, 0) is 44.9 Å². The predicted molar refractivity (Wildman–Crippen MR) is 225 cm³/mol. The maximum atomic E-state index is 12.6. The van der Waals surface area contributed by atoms with Crippen molar-refractivity contribution in [1.82, 2.24) is 0 Å². The zero-order valence-corrected chi connectivity index (χ0v) is 37.1. The van der Waals surface area contributed by atoms with Gasteiger partial charge in [0.25, 0.3) is 0 Å². The summed E-state index contributed by atoms with van der Waals surface area (Å²) >= 11 is 0. The number of aliphatic hydroxyl groups is 1. The standard InChI is InChI=1S/C42H76O14P2/c1-3-5-7-8-9-10-11-12-13-18-21-24-28-32-42(45)55-38(36-54-58(49,50)53-34-37(43)33-52-57(46,47)48)35-51-41(44)31-27-23-20-17-15-14-16-19-22-26-30-40-39(56-40)29-25-6-4-2/h14,16-17,20,22,26,37-40,43H,3-13,15,18-19,21,23-25,27-36H2,1-2H3,(H,49,50)(H2,46,47,48)/b16-14-,20-17-,26-22-/t37-,38+,39?,40?/m0/s1. The van der Waals surface area contributed by atoms with Crippen LogP contribution in [-0.4, -0.2) is 82.6 Å². The first-order chi connectivity index (χ1) is 27.8. The molecule has 0 saturated carbocycles. The van der Waals surface area contributed by atoms with Crippen LogP contribution in [0.25, 0.3) is 0 Å². The Hall–Kier alpha value is -1.70. The van der Waals surface area contributed by atoms with Gasteiger partial charge in [0, 0.05) is 12.8 Å². The third-order valence-electron chi connectivity index (χ3n) is 9.45. The van der Waals surface area contributed by atoms with Crippen LogP contribution in [0.1, 0.15) is 168 Å². The molecule has 16 heteroatoms. The molecule has 0 aliphatic carbocycles. The van der Waals surface area contributed by atoms with Crippen molar-refractivity contribution in [2.24, 2.45) is 0 Å². The number of esters is 2. The molecule has 1 aliphatic rings. The van der Waals surface area contributed by atoms with Crippen molar-refractivity contribution in [2.75, 3.05) is 26.4 Å². The number of unbranched alkanes of at least 4 members (excludes halogenated alkanes) is 15. The molecule has 0 radical (unpaired) electrons. The molecule has 1 aliphatic heterocycles. The molecule has 0 aromatic carbocycles. The molecule has 14 nitrogen and oxygen atoms in total. The van der Waals surface area contributed by atoms with E-state index in [4.69, 9.17) is 28.5 Å². The number of carbonyl (C=O) groups excluding carboxylic acids is 2. The number of ether oxygens (including phenoxy) is 3. The van der Waals surface area contributed by atoms with E-state index < -0.39 is 66.2 Å². The van der Waals surface area contributed by atoms with Crippen LogP contribution in [0.2, 0.25) is 0 Å². The van der Waals surface area contributed by atoms with Crippen LogP contribution in [-0.2, 0) is 46.5 Å². The molecule has 338 valence electrons. The first-order valence-corrected chi connectivity index (χ1v) is 24.8. The number of phosphoric ester groups is 2. The molecular formula is C42H76O14P2. The molecular weight excluding hydrogens is 790 g/mol. The Kier molecular flexibility index (Phi) is 32.7. The van der Waals surface area contributed by atoms with Crippen LogP contribution in [0.4, 0.5) is 0 Å². The number of aliphatic hydroxyl groups excluding tert-OH is 1. The van der Waals surface area contributed by atoms with Gasteiger partial charge in [0.1, 0.15) is 12.7 Å². The first-order valence-electron chi connectivity index (χ1n) is 21.8. The third-order valence-corrected chi connectivity index (χ3v) is 10.9. The molecule has 0 aromatic heterocycles. The number of hydrogen-bond donors (Lipinski definition) is 4. The highest BCUT2D eigenvalue weighted by Gasteiger charge is 2.36. The van der Waals surface area contributed by atoms with Crippen molar-refractivity contribution in [2.45, 2.75) is 192 Å². The Morgan fingerprint density at radius 2 is 1.12 bits per heavy atom. The van der Waals surface area contributed by atoms with Gasteiger partial charge in [-0.3, -0.25) is 23.2 Å². The van der Waals surface area contributed by atoms with E-state index in [0.29, 0.717) is 31.5 Å². The molecule has 1 saturated heterocycles. The van der Waals surface area contributed by atoms with Gasteiger partial charge in [-0.25, -0.2) is 9.13 Å². The van der Waals surface area contributed by atoms with Crippen LogP contribution in [0.15, 0.2) is 36.5 Å². The Balaban J connectivity index is 2.38. The lowest BCUT2D eigenvalue weighted by molar-refractivity contribution is -0.161. The van der Waals surface area contributed by atoms with Gasteiger partial charge in [-0.15, -0.1) is 0 Å². The van der Waals surface area contributed by atoms with Gasteiger partial charge < -0.3 is 34.0 Å². The van der Waals surface area contributed by atoms with Gasteiger partial charge in [0.2, 0.25) is 0 Å². The van der Waals surface area contributed by atoms with Crippen molar-refractivity contribution in [3.05, 3.63) is 36.5 Å². The summed E-state index contributed by atoms with van der Waals surface area (Å²) in [5.41, 5.74) is 0. The van der Waals surface area contributed by atoms with E-state index >= 15 is 0 Å². The zero-order chi connectivity index (χ0) is 42.7. The Bertz CT molecular complexity index is 1240. The lowest BCUT2D eigenvalue weighted by atomic mass is 10.0. The first kappa shape index (κ1) is 54.3. The summed E-state index contributed by atoms with van der Waals surface area (Å²) in [4.78, 5) is 52.6. The summed E-state index contributed by atoms with van der Waals surface area (Å²) in [5.74, 6) is -1.10. The van der Waals surface area contributed by atoms with Crippen molar-refractivity contribution in [3.63, 3.8) is 0 Å². The van der Waals surface area contributed by atoms with Crippen LogP contribution < -0.4 is 0 Å². The van der Waals surface area contributed by atoms with Crippen molar-refractivity contribution in [1.29, 1.82) is 0 Å². The molecule has 1 fully saturated rings.